The topological polar surface area (TPSA) is 94.5 Å². The molecule has 2 aromatic rings. The molecule has 0 unspecified atom stereocenters. The van der Waals surface area contributed by atoms with Crippen molar-refractivity contribution in [2.24, 2.45) is 4.99 Å². The first-order valence-electron chi connectivity index (χ1n) is 10.9. The predicted molar refractivity (Wildman–Crippen MR) is 137 cm³/mol. The second-order valence-electron chi connectivity index (χ2n) is 7.67. The number of aliphatic imine (C=N–C) groups is 1. The number of methoxy groups -OCH3 is 1. The van der Waals surface area contributed by atoms with E-state index in [1.807, 2.05) is 6.08 Å². The van der Waals surface area contributed by atoms with Gasteiger partial charge in [0, 0.05) is 31.7 Å². The molecule has 35 heavy (non-hydrogen) atoms. The fourth-order valence-corrected chi connectivity index (χ4v) is 4.28. The number of halogens is 1. The highest BCUT2D eigenvalue weighted by molar-refractivity contribution is 7.99. The van der Waals surface area contributed by atoms with Gasteiger partial charge < -0.3 is 14.4 Å². The number of anilines is 1. The molecule has 2 heterocycles. The van der Waals surface area contributed by atoms with Crippen LogP contribution in [0.25, 0.3) is 11.1 Å². The third-order valence-corrected chi connectivity index (χ3v) is 6.25. The van der Waals surface area contributed by atoms with E-state index in [1.54, 1.807) is 55.6 Å². The molecule has 0 saturated carbocycles. The monoisotopic (exact) mass is 491 g/mol. The van der Waals surface area contributed by atoms with Crippen LogP contribution in [-0.4, -0.2) is 63.6 Å². The number of benzene rings is 1. The van der Waals surface area contributed by atoms with E-state index in [9.17, 15) is 14.9 Å². The number of nitriles is 2. The molecular formula is C26H26FN5O2S. The Kier molecular flexibility index (Phi) is 9.42. The zero-order valence-electron chi connectivity index (χ0n) is 19.7. The molecule has 7 nitrogen and oxygen atoms in total. The molecule has 1 aliphatic rings. The quantitative estimate of drug-likeness (QED) is 0.196. The number of rotatable bonds is 11. The molecule has 0 N–H and O–H groups in total. The van der Waals surface area contributed by atoms with E-state index < -0.39 is 6.17 Å². The number of pyridine rings is 1. The van der Waals surface area contributed by atoms with E-state index in [0.29, 0.717) is 52.3 Å². The Bertz CT molecular complexity index is 1190. The summed E-state index contributed by atoms with van der Waals surface area (Å²) in [6.45, 7) is 5.23. The molecule has 1 aromatic carbocycles. The van der Waals surface area contributed by atoms with Crippen molar-refractivity contribution < 1.29 is 13.9 Å². The van der Waals surface area contributed by atoms with Gasteiger partial charge in [0.1, 0.15) is 47.1 Å². The van der Waals surface area contributed by atoms with E-state index >= 15 is 0 Å². The summed E-state index contributed by atoms with van der Waals surface area (Å²) >= 11 is 1.35. The van der Waals surface area contributed by atoms with Gasteiger partial charge in [-0.05, 0) is 29.3 Å². The van der Waals surface area contributed by atoms with Crippen LogP contribution in [0.15, 0.2) is 58.6 Å². The number of nitrogens with zero attached hydrogens (tertiary/aromatic N) is 5. The maximum Gasteiger partial charge on any atom is 0.148 e. The van der Waals surface area contributed by atoms with Crippen molar-refractivity contribution in [1.29, 1.82) is 10.5 Å². The number of aromatic nitrogens is 1. The van der Waals surface area contributed by atoms with Crippen molar-refractivity contribution in [1.82, 2.24) is 4.98 Å². The smallest absolute Gasteiger partial charge is 0.148 e. The van der Waals surface area contributed by atoms with Crippen LogP contribution in [0, 0.1) is 22.7 Å². The fourth-order valence-electron chi connectivity index (χ4n) is 3.42. The first-order chi connectivity index (χ1) is 17.0. The summed E-state index contributed by atoms with van der Waals surface area (Å²) in [5, 5.41) is 20.6. The zero-order chi connectivity index (χ0) is 25.2. The van der Waals surface area contributed by atoms with Crippen molar-refractivity contribution in [3.63, 3.8) is 0 Å². The van der Waals surface area contributed by atoms with Gasteiger partial charge in [0.15, 0.2) is 0 Å². The summed E-state index contributed by atoms with van der Waals surface area (Å²) in [5.74, 6) is 1.52. The van der Waals surface area contributed by atoms with Gasteiger partial charge in [0.2, 0.25) is 0 Å². The predicted octanol–water partition coefficient (Wildman–Crippen LogP) is 4.58. The average molecular weight is 492 g/mol. The standard InChI is InChI=1S/C26H26FN5O2S/c1-18(5-4-10-30-2)17-35-26-23(14-29)24(19-6-8-21(9-7-19)34-12-11-33-3)22(13-28)25(31-26)32-15-20(27)16-32/h4-10,20H,1,11-12,15-17H2,2-3H3/b5-4-,30-10?. The maximum absolute atomic E-state index is 13.7. The fraction of sp³-hybridized carbons (Fsp3) is 0.308. The Balaban J connectivity index is 2.03. The van der Waals surface area contributed by atoms with Crippen LogP contribution < -0.4 is 9.64 Å². The number of alkyl halides is 1. The van der Waals surface area contributed by atoms with Crippen molar-refractivity contribution in [2.45, 2.75) is 11.2 Å². The Morgan fingerprint density at radius 1 is 1.26 bits per heavy atom. The van der Waals surface area contributed by atoms with Gasteiger partial charge >= 0.3 is 0 Å². The van der Waals surface area contributed by atoms with E-state index in [-0.39, 0.29) is 18.7 Å². The Morgan fingerprint density at radius 2 is 1.97 bits per heavy atom. The third kappa shape index (κ3) is 6.48. The molecule has 0 spiro atoms. The maximum atomic E-state index is 13.7. The van der Waals surface area contributed by atoms with Crippen LogP contribution in [0.2, 0.25) is 0 Å². The van der Waals surface area contributed by atoms with E-state index in [4.69, 9.17) is 9.47 Å². The summed E-state index contributed by atoms with van der Waals surface area (Å²) in [7, 11) is 3.28. The normalized spacial score (nSPS) is 13.6. The molecule has 0 radical (unpaired) electrons. The van der Waals surface area contributed by atoms with E-state index in [1.165, 1.54) is 11.8 Å². The molecule has 0 atom stereocenters. The molecule has 9 heteroatoms. The van der Waals surface area contributed by atoms with Crippen LogP contribution in [0.5, 0.6) is 5.75 Å². The molecule has 0 amide bonds. The highest BCUT2D eigenvalue weighted by Crippen LogP contribution is 2.39. The van der Waals surface area contributed by atoms with Crippen LogP contribution >= 0.6 is 11.8 Å². The van der Waals surface area contributed by atoms with Gasteiger partial charge in [-0.15, -0.1) is 11.8 Å². The molecule has 1 saturated heterocycles. The number of ether oxygens (including phenoxy) is 2. The summed E-state index contributed by atoms with van der Waals surface area (Å²) in [6.07, 6.45) is 4.32. The zero-order valence-corrected chi connectivity index (χ0v) is 20.5. The lowest BCUT2D eigenvalue weighted by atomic mass is 9.95. The lowest BCUT2D eigenvalue weighted by molar-refractivity contribution is 0.146. The molecule has 3 rings (SSSR count). The molecular weight excluding hydrogens is 465 g/mol. The molecule has 180 valence electrons. The highest BCUT2D eigenvalue weighted by atomic mass is 32.2. The van der Waals surface area contributed by atoms with Crippen LogP contribution in [-0.2, 0) is 4.74 Å². The SMILES string of the molecule is C=C(/C=C\C=NC)CSc1nc(N2CC(F)C2)c(C#N)c(-c2ccc(OCCOC)cc2)c1C#N. The number of thioether (sulfide) groups is 1. The second-order valence-corrected chi connectivity index (χ2v) is 8.63. The van der Waals surface area contributed by atoms with Gasteiger partial charge in [-0.1, -0.05) is 24.8 Å². The first kappa shape index (κ1) is 26.0. The van der Waals surface area contributed by atoms with Crippen LogP contribution in [0.1, 0.15) is 11.1 Å². The average Bonchev–Trinajstić information content (AvgIpc) is 2.85. The number of allylic oxidation sites excluding steroid dienone is 2. The van der Waals surface area contributed by atoms with Crippen molar-refractivity contribution in [3.05, 3.63) is 59.7 Å². The first-order valence-corrected chi connectivity index (χ1v) is 11.9. The van der Waals surface area contributed by atoms with Gasteiger partial charge in [-0.2, -0.15) is 10.5 Å². The van der Waals surface area contributed by atoms with E-state index in [0.717, 1.165) is 5.57 Å². The molecule has 1 aliphatic heterocycles. The van der Waals surface area contributed by atoms with Crippen LogP contribution in [0.4, 0.5) is 10.2 Å². The number of hydrogen-bond acceptors (Lipinski definition) is 8. The Morgan fingerprint density at radius 3 is 2.57 bits per heavy atom. The van der Waals surface area contributed by atoms with Gasteiger partial charge in [-0.3, -0.25) is 4.99 Å². The third-order valence-electron chi connectivity index (χ3n) is 5.17. The van der Waals surface area contributed by atoms with E-state index in [2.05, 4.69) is 28.7 Å². The minimum atomic E-state index is -0.966. The Labute approximate surface area is 209 Å². The second kappa shape index (κ2) is 12.7. The minimum absolute atomic E-state index is 0.162. The summed E-state index contributed by atoms with van der Waals surface area (Å²) in [6, 6.07) is 11.6. The lowest BCUT2D eigenvalue weighted by Crippen LogP contribution is -2.49. The molecule has 0 bridgehead atoms. The van der Waals surface area contributed by atoms with Crippen LogP contribution in [0.3, 0.4) is 0 Å². The van der Waals surface area contributed by atoms with Gasteiger partial charge in [-0.25, -0.2) is 9.37 Å². The Hall–Kier alpha value is -3.66. The summed E-state index contributed by atoms with van der Waals surface area (Å²) in [5.41, 5.74) is 2.53. The minimum Gasteiger partial charge on any atom is -0.491 e. The van der Waals surface area contributed by atoms with Crippen molar-refractivity contribution >= 4 is 23.8 Å². The van der Waals surface area contributed by atoms with Gasteiger partial charge in [0.05, 0.1) is 25.3 Å². The highest BCUT2D eigenvalue weighted by Gasteiger charge is 2.32. The largest absolute Gasteiger partial charge is 0.491 e. The summed E-state index contributed by atoms with van der Waals surface area (Å²) < 4.78 is 24.3. The van der Waals surface area contributed by atoms with Gasteiger partial charge in [0.25, 0.3) is 0 Å². The number of hydrogen-bond donors (Lipinski definition) is 0. The molecule has 1 aromatic heterocycles. The summed E-state index contributed by atoms with van der Waals surface area (Å²) in [4.78, 5) is 10.3. The van der Waals surface area contributed by atoms with Crippen molar-refractivity contribution in [3.8, 4) is 29.0 Å². The molecule has 0 aliphatic carbocycles. The molecule has 1 fully saturated rings. The lowest BCUT2D eigenvalue weighted by Gasteiger charge is -2.36. The van der Waals surface area contributed by atoms with Crippen molar-refractivity contribution in [2.75, 3.05) is 51.1 Å².